The van der Waals surface area contributed by atoms with E-state index in [-0.39, 0.29) is 23.7 Å². The van der Waals surface area contributed by atoms with Crippen LogP contribution in [0.5, 0.6) is 5.75 Å². The molecular formula is C22H21N3O4. The highest BCUT2D eigenvalue weighted by molar-refractivity contribution is 6.02. The molecule has 1 heterocycles. The number of carbonyl (C=O) groups excluding carboxylic acids is 2. The SMILES string of the molecule is Cc1cc(NC(=O)C2CC2C(=O)Nc2ccc(OCc3ccccc3)cc2)no1. The van der Waals surface area contributed by atoms with E-state index in [1.165, 1.54) is 0 Å². The third-order valence-corrected chi connectivity index (χ3v) is 4.71. The molecule has 1 aliphatic carbocycles. The summed E-state index contributed by atoms with van der Waals surface area (Å²) in [6, 6.07) is 18.7. The number of ether oxygens (including phenoxy) is 1. The summed E-state index contributed by atoms with van der Waals surface area (Å²) in [5.74, 6) is 0.629. The zero-order valence-electron chi connectivity index (χ0n) is 15.9. The van der Waals surface area contributed by atoms with E-state index in [2.05, 4.69) is 15.8 Å². The van der Waals surface area contributed by atoms with Crippen LogP contribution in [0.15, 0.2) is 65.2 Å². The normalized spacial score (nSPS) is 17.4. The molecule has 3 aromatic rings. The Morgan fingerprint density at radius 1 is 1.03 bits per heavy atom. The lowest BCUT2D eigenvalue weighted by Gasteiger charge is -2.08. The topological polar surface area (TPSA) is 93.5 Å². The molecule has 0 radical (unpaired) electrons. The van der Waals surface area contributed by atoms with Gasteiger partial charge in [0.2, 0.25) is 11.8 Å². The number of nitrogens with zero attached hydrogens (tertiary/aromatic N) is 1. The first-order valence-corrected chi connectivity index (χ1v) is 9.40. The van der Waals surface area contributed by atoms with Crippen LogP contribution in [0.25, 0.3) is 0 Å². The van der Waals surface area contributed by atoms with Crippen molar-refractivity contribution in [2.75, 3.05) is 10.6 Å². The van der Waals surface area contributed by atoms with Crippen LogP contribution >= 0.6 is 0 Å². The van der Waals surface area contributed by atoms with Crippen molar-refractivity contribution in [3.05, 3.63) is 72.0 Å². The van der Waals surface area contributed by atoms with Gasteiger partial charge in [-0.2, -0.15) is 0 Å². The lowest BCUT2D eigenvalue weighted by molar-refractivity contribution is -0.122. The van der Waals surface area contributed by atoms with Gasteiger partial charge in [-0.05, 0) is 43.2 Å². The fourth-order valence-electron chi connectivity index (χ4n) is 3.03. The van der Waals surface area contributed by atoms with Gasteiger partial charge in [0, 0.05) is 11.8 Å². The molecule has 7 nitrogen and oxygen atoms in total. The van der Waals surface area contributed by atoms with Gasteiger partial charge in [-0.1, -0.05) is 35.5 Å². The van der Waals surface area contributed by atoms with E-state index >= 15 is 0 Å². The molecule has 2 aromatic carbocycles. The smallest absolute Gasteiger partial charge is 0.229 e. The van der Waals surface area contributed by atoms with Crippen molar-refractivity contribution in [3.8, 4) is 5.75 Å². The fraction of sp³-hybridized carbons (Fsp3) is 0.227. The summed E-state index contributed by atoms with van der Waals surface area (Å²) in [7, 11) is 0. The van der Waals surface area contributed by atoms with Gasteiger partial charge in [0.05, 0.1) is 11.8 Å². The average molecular weight is 391 g/mol. The molecule has 2 atom stereocenters. The Bertz CT molecular complexity index is 998. The lowest BCUT2D eigenvalue weighted by Crippen LogP contribution is -2.20. The van der Waals surface area contributed by atoms with Crippen molar-refractivity contribution >= 4 is 23.3 Å². The van der Waals surface area contributed by atoms with Crippen LogP contribution in [0, 0.1) is 18.8 Å². The Labute approximate surface area is 168 Å². The van der Waals surface area contributed by atoms with Crippen molar-refractivity contribution in [3.63, 3.8) is 0 Å². The highest BCUT2D eigenvalue weighted by Crippen LogP contribution is 2.40. The predicted molar refractivity (Wildman–Crippen MR) is 107 cm³/mol. The van der Waals surface area contributed by atoms with E-state index in [1.807, 2.05) is 42.5 Å². The van der Waals surface area contributed by atoms with Crippen LogP contribution in [-0.4, -0.2) is 17.0 Å². The summed E-state index contributed by atoms with van der Waals surface area (Å²) in [5, 5.41) is 9.24. The minimum absolute atomic E-state index is 0.167. The number of nitrogens with one attached hydrogen (secondary N) is 2. The van der Waals surface area contributed by atoms with Crippen LogP contribution in [0.2, 0.25) is 0 Å². The maximum absolute atomic E-state index is 12.4. The Balaban J connectivity index is 1.25. The molecule has 2 amide bonds. The molecule has 7 heteroatoms. The Morgan fingerprint density at radius 3 is 2.38 bits per heavy atom. The Hall–Kier alpha value is -3.61. The average Bonchev–Trinajstić information content (AvgIpc) is 3.44. The van der Waals surface area contributed by atoms with Gasteiger partial charge in [0.25, 0.3) is 0 Å². The number of hydrogen-bond donors (Lipinski definition) is 2. The fourth-order valence-corrected chi connectivity index (χ4v) is 3.03. The molecule has 2 N–H and O–H groups in total. The Kier molecular flexibility index (Phi) is 5.29. The third-order valence-electron chi connectivity index (χ3n) is 4.71. The molecule has 29 heavy (non-hydrogen) atoms. The van der Waals surface area contributed by atoms with Gasteiger partial charge in [0.1, 0.15) is 18.1 Å². The van der Waals surface area contributed by atoms with E-state index in [4.69, 9.17) is 9.26 Å². The molecule has 4 rings (SSSR count). The largest absolute Gasteiger partial charge is 0.489 e. The first kappa shape index (κ1) is 18.7. The van der Waals surface area contributed by atoms with Crippen LogP contribution < -0.4 is 15.4 Å². The summed E-state index contributed by atoms with van der Waals surface area (Å²) >= 11 is 0. The number of rotatable bonds is 7. The first-order valence-electron chi connectivity index (χ1n) is 9.40. The van der Waals surface area contributed by atoms with E-state index in [9.17, 15) is 9.59 Å². The maximum Gasteiger partial charge on any atom is 0.229 e. The second kappa shape index (κ2) is 8.18. The lowest BCUT2D eigenvalue weighted by atomic mass is 10.2. The standard InChI is InChI=1S/C22H21N3O4/c1-14-11-20(25-29-14)24-22(27)19-12-18(19)21(26)23-16-7-9-17(10-8-16)28-13-15-5-3-2-4-6-15/h2-11,18-19H,12-13H2,1H3,(H,23,26)(H,24,25,27). The second-order valence-electron chi connectivity index (χ2n) is 7.05. The van der Waals surface area contributed by atoms with Crippen LogP contribution in [0.3, 0.4) is 0 Å². The molecule has 148 valence electrons. The van der Waals surface area contributed by atoms with Crippen molar-refractivity contribution in [2.24, 2.45) is 11.8 Å². The number of aromatic nitrogens is 1. The number of benzene rings is 2. The summed E-state index contributed by atoms with van der Waals surface area (Å²) in [6.07, 6.45) is 0.521. The second-order valence-corrected chi connectivity index (χ2v) is 7.05. The van der Waals surface area contributed by atoms with Gasteiger partial charge in [-0.3, -0.25) is 9.59 Å². The number of carbonyl (C=O) groups is 2. The molecule has 0 aliphatic heterocycles. The molecule has 0 saturated heterocycles. The molecule has 1 fully saturated rings. The zero-order chi connectivity index (χ0) is 20.2. The van der Waals surface area contributed by atoms with Crippen LogP contribution in [0.1, 0.15) is 17.7 Å². The molecule has 0 spiro atoms. The van der Waals surface area contributed by atoms with Crippen LogP contribution in [0.4, 0.5) is 11.5 Å². The highest BCUT2D eigenvalue weighted by atomic mass is 16.5. The number of anilines is 2. The minimum Gasteiger partial charge on any atom is -0.489 e. The molecular weight excluding hydrogens is 370 g/mol. The third kappa shape index (κ3) is 4.82. The molecule has 0 bridgehead atoms. The first-order chi connectivity index (χ1) is 14.1. The van der Waals surface area contributed by atoms with E-state index in [1.54, 1.807) is 25.1 Å². The van der Waals surface area contributed by atoms with Crippen molar-refractivity contribution in [1.29, 1.82) is 0 Å². The van der Waals surface area contributed by atoms with Crippen molar-refractivity contribution < 1.29 is 18.8 Å². The van der Waals surface area contributed by atoms with Gasteiger partial charge >= 0.3 is 0 Å². The zero-order valence-corrected chi connectivity index (χ0v) is 15.9. The van der Waals surface area contributed by atoms with E-state index in [0.717, 1.165) is 11.3 Å². The van der Waals surface area contributed by atoms with Crippen molar-refractivity contribution in [2.45, 2.75) is 20.0 Å². The molecule has 1 aromatic heterocycles. The summed E-state index contributed by atoms with van der Waals surface area (Å²) in [6.45, 7) is 2.23. The Morgan fingerprint density at radius 2 is 1.72 bits per heavy atom. The highest BCUT2D eigenvalue weighted by Gasteiger charge is 2.48. The quantitative estimate of drug-likeness (QED) is 0.639. The van der Waals surface area contributed by atoms with Gasteiger partial charge in [0.15, 0.2) is 5.82 Å². The molecule has 1 aliphatic rings. The number of amides is 2. The predicted octanol–water partition coefficient (Wildman–Crippen LogP) is 3.78. The van der Waals surface area contributed by atoms with Crippen molar-refractivity contribution in [1.82, 2.24) is 5.16 Å². The monoisotopic (exact) mass is 391 g/mol. The van der Waals surface area contributed by atoms with Crippen LogP contribution in [-0.2, 0) is 16.2 Å². The summed E-state index contributed by atoms with van der Waals surface area (Å²) in [4.78, 5) is 24.6. The van der Waals surface area contributed by atoms with E-state index in [0.29, 0.717) is 30.3 Å². The molecule has 1 saturated carbocycles. The van der Waals surface area contributed by atoms with Gasteiger partial charge in [-0.25, -0.2) is 0 Å². The minimum atomic E-state index is -0.347. The summed E-state index contributed by atoms with van der Waals surface area (Å²) in [5.41, 5.74) is 1.75. The number of aryl methyl sites for hydroxylation is 1. The maximum atomic E-state index is 12.4. The van der Waals surface area contributed by atoms with Gasteiger partial charge < -0.3 is 19.9 Å². The van der Waals surface area contributed by atoms with Gasteiger partial charge in [-0.15, -0.1) is 0 Å². The number of hydrogen-bond acceptors (Lipinski definition) is 5. The van der Waals surface area contributed by atoms with E-state index < -0.39 is 0 Å². The molecule has 2 unspecified atom stereocenters. The summed E-state index contributed by atoms with van der Waals surface area (Å²) < 4.78 is 10.7.